The molecule has 1 heterocycles. The smallest absolute Gasteiger partial charge is 0.270 e. The Labute approximate surface area is 221 Å². The molecule has 3 aromatic carbocycles. The number of carbonyl (C=O) groups excluding carboxylic acids is 2. The summed E-state index contributed by atoms with van der Waals surface area (Å²) in [4.78, 5) is 26.3. The number of aryl methyl sites for hydroxylation is 1. The summed E-state index contributed by atoms with van der Waals surface area (Å²) < 4.78 is 5.91. The SMILES string of the molecule is Cc1ccc(C(=O)NN2C(N)=C(C#N)C(c3ccc(OCc4ccccc4)cc3)C3=C2CCCC3=O)cc1. The molecule has 3 aromatic rings. The molecule has 190 valence electrons. The summed E-state index contributed by atoms with van der Waals surface area (Å²) in [7, 11) is 0. The van der Waals surface area contributed by atoms with Crippen molar-refractivity contribution in [1.82, 2.24) is 10.4 Å². The van der Waals surface area contributed by atoms with E-state index in [1.165, 1.54) is 5.01 Å². The van der Waals surface area contributed by atoms with Gasteiger partial charge in [0.05, 0.1) is 17.6 Å². The first-order valence-electron chi connectivity index (χ1n) is 12.6. The second kappa shape index (κ2) is 10.7. The van der Waals surface area contributed by atoms with Gasteiger partial charge in [0.1, 0.15) is 18.2 Å². The maximum atomic E-state index is 13.3. The highest BCUT2D eigenvalue weighted by Gasteiger charge is 2.40. The van der Waals surface area contributed by atoms with Gasteiger partial charge in [0.15, 0.2) is 5.78 Å². The molecule has 1 atom stereocenters. The molecule has 0 saturated carbocycles. The fourth-order valence-corrected chi connectivity index (χ4v) is 4.92. The molecule has 1 unspecified atom stereocenters. The van der Waals surface area contributed by atoms with Crippen LogP contribution in [0, 0.1) is 18.3 Å². The first-order chi connectivity index (χ1) is 18.5. The third-order valence-corrected chi connectivity index (χ3v) is 6.90. The number of Topliss-reactive ketones (excluding diaryl/α,β-unsaturated/α-hetero) is 1. The monoisotopic (exact) mass is 504 g/mol. The maximum absolute atomic E-state index is 13.3. The van der Waals surface area contributed by atoms with Gasteiger partial charge < -0.3 is 10.5 Å². The number of carbonyl (C=O) groups is 2. The van der Waals surface area contributed by atoms with Crippen molar-refractivity contribution in [2.45, 2.75) is 38.7 Å². The van der Waals surface area contributed by atoms with Crippen molar-refractivity contribution < 1.29 is 14.3 Å². The van der Waals surface area contributed by atoms with Crippen molar-refractivity contribution in [2.24, 2.45) is 5.73 Å². The lowest BCUT2D eigenvalue weighted by Gasteiger charge is -2.39. The zero-order chi connectivity index (χ0) is 26.6. The molecule has 5 rings (SSSR count). The first kappa shape index (κ1) is 24.8. The second-order valence-electron chi connectivity index (χ2n) is 9.47. The molecule has 1 aliphatic carbocycles. The van der Waals surface area contributed by atoms with Crippen LogP contribution in [0.15, 0.2) is 102 Å². The molecule has 7 heteroatoms. The van der Waals surface area contributed by atoms with Crippen LogP contribution in [-0.2, 0) is 11.4 Å². The molecule has 1 amide bonds. The van der Waals surface area contributed by atoms with Gasteiger partial charge in [0.25, 0.3) is 5.91 Å². The van der Waals surface area contributed by atoms with Crippen molar-refractivity contribution in [1.29, 1.82) is 5.26 Å². The van der Waals surface area contributed by atoms with Crippen molar-refractivity contribution in [3.8, 4) is 11.8 Å². The van der Waals surface area contributed by atoms with E-state index < -0.39 is 5.92 Å². The Bertz CT molecular complexity index is 1470. The van der Waals surface area contributed by atoms with Gasteiger partial charge in [-0.1, -0.05) is 60.2 Å². The van der Waals surface area contributed by atoms with E-state index in [1.54, 1.807) is 12.1 Å². The van der Waals surface area contributed by atoms with Crippen LogP contribution < -0.4 is 15.9 Å². The van der Waals surface area contributed by atoms with E-state index in [0.29, 0.717) is 48.5 Å². The molecular formula is C31H28N4O3. The third kappa shape index (κ3) is 4.89. The fraction of sp³-hybridized carbons (Fsp3) is 0.194. The first-order valence-corrected chi connectivity index (χ1v) is 12.6. The molecule has 2 aliphatic rings. The van der Waals surface area contributed by atoms with E-state index in [-0.39, 0.29) is 23.1 Å². The molecule has 0 aromatic heterocycles. The average Bonchev–Trinajstić information content (AvgIpc) is 2.94. The van der Waals surface area contributed by atoms with Crippen LogP contribution in [-0.4, -0.2) is 16.7 Å². The number of hydrogen-bond donors (Lipinski definition) is 2. The van der Waals surface area contributed by atoms with Crippen LogP contribution in [0.2, 0.25) is 0 Å². The largest absolute Gasteiger partial charge is 0.489 e. The van der Waals surface area contributed by atoms with Gasteiger partial charge >= 0.3 is 0 Å². The molecule has 0 radical (unpaired) electrons. The highest BCUT2D eigenvalue weighted by Crippen LogP contribution is 2.44. The second-order valence-corrected chi connectivity index (χ2v) is 9.47. The number of nitrogens with two attached hydrogens (primary N) is 1. The lowest BCUT2D eigenvalue weighted by molar-refractivity contribution is -0.116. The summed E-state index contributed by atoms with van der Waals surface area (Å²) >= 11 is 0. The van der Waals surface area contributed by atoms with Gasteiger partial charge in [0, 0.05) is 23.3 Å². The minimum atomic E-state index is -0.612. The number of rotatable bonds is 6. The Balaban J connectivity index is 1.45. The average molecular weight is 505 g/mol. The quantitative estimate of drug-likeness (QED) is 0.488. The van der Waals surface area contributed by atoms with Crippen LogP contribution in [0.3, 0.4) is 0 Å². The van der Waals surface area contributed by atoms with Crippen LogP contribution in [0.5, 0.6) is 5.75 Å². The van der Waals surface area contributed by atoms with E-state index >= 15 is 0 Å². The molecule has 3 N–H and O–H groups in total. The highest BCUT2D eigenvalue weighted by atomic mass is 16.5. The molecule has 1 aliphatic heterocycles. The number of nitrogens with zero attached hydrogens (tertiary/aromatic N) is 2. The number of nitriles is 1. The fourth-order valence-electron chi connectivity index (χ4n) is 4.92. The van der Waals surface area contributed by atoms with Gasteiger partial charge in [-0.2, -0.15) is 5.26 Å². The van der Waals surface area contributed by atoms with Gasteiger partial charge in [-0.3, -0.25) is 15.0 Å². The summed E-state index contributed by atoms with van der Waals surface area (Å²) in [6.45, 7) is 2.38. The summed E-state index contributed by atoms with van der Waals surface area (Å²) in [5.74, 6) is -0.224. The number of allylic oxidation sites excluding steroid dienone is 3. The zero-order valence-corrected chi connectivity index (χ0v) is 21.1. The Kier molecular flexibility index (Phi) is 6.96. The van der Waals surface area contributed by atoms with Gasteiger partial charge in [-0.05, 0) is 55.2 Å². The number of hydrazine groups is 1. The minimum absolute atomic E-state index is 0.0458. The molecule has 0 spiro atoms. The third-order valence-electron chi connectivity index (χ3n) is 6.90. The normalized spacial score (nSPS) is 17.1. The predicted octanol–water partition coefficient (Wildman–Crippen LogP) is 5.02. The molecule has 7 nitrogen and oxygen atoms in total. The number of hydrogen-bond acceptors (Lipinski definition) is 6. The Morgan fingerprint density at radius 3 is 2.45 bits per heavy atom. The van der Waals surface area contributed by atoms with Gasteiger partial charge in [-0.15, -0.1) is 0 Å². The summed E-state index contributed by atoms with van der Waals surface area (Å²) in [5, 5.41) is 11.6. The standard InChI is InChI=1S/C31H28N4O3/c1-20-10-12-23(13-11-20)31(37)34-35-26-8-5-9-27(36)29(26)28(25(18-32)30(35)33)22-14-16-24(17-15-22)38-19-21-6-3-2-4-7-21/h2-4,6-7,10-17,28H,5,8-9,19,33H2,1H3,(H,34,37). The molecule has 38 heavy (non-hydrogen) atoms. The topological polar surface area (TPSA) is 108 Å². The number of nitrogens with one attached hydrogen (secondary N) is 1. The molecule has 0 fully saturated rings. The summed E-state index contributed by atoms with van der Waals surface area (Å²) in [6.07, 6.45) is 1.58. The number of benzene rings is 3. The van der Waals surface area contributed by atoms with Crippen molar-refractivity contribution in [2.75, 3.05) is 0 Å². The van der Waals surface area contributed by atoms with Gasteiger partial charge in [-0.25, -0.2) is 5.01 Å². The van der Waals surface area contributed by atoms with Crippen molar-refractivity contribution >= 4 is 11.7 Å². The molecular weight excluding hydrogens is 476 g/mol. The number of ether oxygens (including phenoxy) is 1. The van der Waals surface area contributed by atoms with E-state index in [0.717, 1.165) is 16.7 Å². The maximum Gasteiger partial charge on any atom is 0.270 e. The zero-order valence-electron chi connectivity index (χ0n) is 21.1. The van der Waals surface area contributed by atoms with Gasteiger partial charge in [0.2, 0.25) is 0 Å². The van der Waals surface area contributed by atoms with Crippen molar-refractivity contribution in [3.63, 3.8) is 0 Å². The van der Waals surface area contributed by atoms with E-state index in [2.05, 4.69) is 11.5 Å². The van der Waals surface area contributed by atoms with Crippen LogP contribution in [0.25, 0.3) is 0 Å². The summed E-state index contributed by atoms with van der Waals surface area (Å²) in [5.41, 5.74) is 14.0. The lowest BCUT2D eigenvalue weighted by Crippen LogP contribution is -2.48. The van der Waals surface area contributed by atoms with Crippen molar-refractivity contribution in [3.05, 3.63) is 124 Å². The van der Waals surface area contributed by atoms with Crippen LogP contribution in [0.4, 0.5) is 0 Å². The Hall–Kier alpha value is -4.83. The van der Waals surface area contributed by atoms with E-state index in [4.69, 9.17) is 10.5 Å². The minimum Gasteiger partial charge on any atom is -0.489 e. The number of ketones is 1. The van der Waals surface area contributed by atoms with Crippen LogP contribution in [0.1, 0.15) is 52.2 Å². The number of amides is 1. The van der Waals surface area contributed by atoms with Crippen LogP contribution >= 0.6 is 0 Å². The lowest BCUT2D eigenvalue weighted by atomic mass is 9.76. The van der Waals surface area contributed by atoms with E-state index in [1.807, 2.05) is 73.7 Å². The molecule has 0 bridgehead atoms. The predicted molar refractivity (Wildman–Crippen MR) is 143 cm³/mol. The Morgan fingerprint density at radius 1 is 1.05 bits per heavy atom. The Morgan fingerprint density at radius 2 is 1.76 bits per heavy atom. The summed E-state index contributed by atoms with van der Waals surface area (Å²) in [6, 6.07) is 26.6. The van der Waals surface area contributed by atoms with E-state index in [9.17, 15) is 14.9 Å². The highest BCUT2D eigenvalue weighted by molar-refractivity contribution is 6.00. The molecule has 0 saturated heterocycles.